The lowest BCUT2D eigenvalue weighted by Gasteiger charge is -2.38. The van der Waals surface area contributed by atoms with Crippen molar-refractivity contribution < 1.29 is 24.0 Å². The van der Waals surface area contributed by atoms with Gasteiger partial charge in [-0.05, 0) is 46.2 Å². The molecule has 1 aliphatic heterocycles. The molecule has 43 heavy (non-hydrogen) atoms. The topological polar surface area (TPSA) is 102 Å². The fraction of sp³-hybridized carbons (Fsp3) is 0.333. The molecule has 0 unspecified atom stereocenters. The number of benzene rings is 2. The third-order valence-corrected chi connectivity index (χ3v) is 11.7. The smallest absolute Gasteiger partial charge is 0.220 e. The number of carbonyl (C=O) groups excluding carboxylic acids is 1. The van der Waals surface area contributed by atoms with Crippen LogP contribution in [0.25, 0.3) is 11.3 Å². The van der Waals surface area contributed by atoms with Crippen molar-refractivity contribution in [1.29, 1.82) is 0 Å². The molecule has 1 aromatic heterocycles. The minimum absolute atomic E-state index is 0.0897. The second-order valence-electron chi connectivity index (χ2n) is 11.6. The summed E-state index contributed by atoms with van der Waals surface area (Å²) in [6, 6.07) is 10.7. The molecule has 0 spiro atoms. The van der Waals surface area contributed by atoms with Gasteiger partial charge in [0.05, 0.1) is 38.4 Å². The van der Waals surface area contributed by atoms with Gasteiger partial charge in [0.25, 0.3) is 0 Å². The monoisotopic (exact) mass is 598 g/mol. The molecule has 9 nitrogen and oxygen atoms in total. The van der Waals surface area contributed by atoms with Gasteiger partial charge in [-0.15, -0.1) is 5.10 Å². The molecule has 0 saturated heterocycles. The second kappa shape index (κ2) is 12.1. The lowest BCUT2D eigenvalue weighted by molar-refractivity contribution is -0.462. The number of carbonyl (C=O) groups is 1. The summed E-state index contributed by atoms with van der Waals surface area (Å²) in [5.41, 5.74) is 8.28. The first-order valence-electron chi connectivity index (χ1n) is 14.4. The average Bonchev–Trinajstić information content (AvgIpc) is 3.48. The number of methoxy groups -OCH3 is 2. The highest BCUT2D eigenvalue weighted by atomic mass is 28.3. The lowest BCUT2D eigenvalue weighted by atomic mass is 9.88. The van der Waals surface area contributed by atoms with Crippen molar-refractivity contribution in [3.63, 3.8) is 0 Å². The van der Waals surface area contributed by atoms with Gasteiger partial charge in [0, 0.05) is 43.2 Å². The summed E-state index contributed by atoms with van der Waals surface area (Å²) in [7, 11) is 5.40. The van der Waals surface area contributed by atoms with Crippen molar-refractivity contribution in [2.75, 3.05) is 41.5 Å². The third-order valence-electron chi connectivity index (χ3n) is 8.16. The van der Waals surface area contributed by atoms with Crippen LogP contribution in [-0.2, 0) is 11.2 Å². The SMILES string of the molecule is COc1cc(-n2cc(CCC(=O)NCCO)nn2)cc(C2=C3C=CC(=[N+](C)C)C=C3[Si](C)(C)c3cc(C)ccc32)c1OC. The number of allylic oxidation sites excluding steroid dienone is 5. The molecule has 1 aliphatic carbocycles. The zero-order valence-electron chi connectivity index (χ0n) is 26.0. The summed E-state index contributed by atoms with van der Waals surface area (Å²) in [6.45, 7) is 7.15. The Balaban J connectivity index is 1.68. The molecule has 5 rings (SSSR count). The third kappa shape index (κ3) is 5.72. The predicted octanol–water partition coefficient (Wildman–Crippen LogP) is 3.11. The summed E-state index contributed by atoms with van der Waals surface area (Å²) in [4.78, 5) is 12.0. The van der Waals surface area contributed by atoms with Crippen molar-refractivity contribution in [3.05, 3.63) is 87.9 Å². The van der Waals surface area contributed by atoms with Gasteiger partial charge in [-0.2, -0.15) is 0 Å². The van der Waals surface area contributed by atoms with Crippen LogP contribution >= 0.6 is 0 Å². The normalized spacial score (nSPS) is 15.1. The number of aryl methyl sites for hydroxylation is 2. The van der Waals surface area contributed by atoms with E-state index in [0.717, 1.165) is 16.8 Å². The molecule has 224 valence electrons. The Bertz CT molecular complexity index is 1710. The van der Waals surface area contributed by atoms with Gasteiger partial charge in [-0.3, -0.25) is 4.79 Å². The van der Waals surface area contributed by atoms with Crippen molar-refractivity contribution in [1.82, 2.24) is 20.3 Å². The average molecular weight is 599 g/mol. The molecule has 1 amide bonds. The van der Waals surface area contributed by atoms with Crippen LogP contribution in [0.5, 0.6) is 11.5 Å². The summed E-state index contributed by atoms with van der Waals surface area (Å²) < 4.78 is 15.8. The number of aromatic nitrogens is 3. The number of rotatable bonds is 9. The molecule has 0 saturated carbocycles. The van der Waals surface area contributed by atoms with E-state index in [1.165, 1.54) is 32.8 Å². The van der Waals surface area contributed by atoms with Gasteiger partial charge < -0.3 is 19.9 Å². The first-order valence-corrected chi connectivity index (χ1v) is 17.4. The van der Waals surface area contributed by atoms with Crippen LogP contribution in [0, 0.1) is 6.92 Å². The molecule has 3 aromatic rings. The minimum Gasteiger partial charge on any atom is -0.493 e. The van der Waals surface area contributed by atoms with Crippen molar-refractivity contribution in [3.8, 4) is 17.2 Å². The van der Waals surface area contributed by atoms with Crippen LogP contribution in [0.15, 0.2) is 65.5 Å². The molecule has 0 fully saturated rings. The summed E-state index contributed by atoms with van der Waals surface area (Å²) in [5, 5.41) is 23.1. The molecule has 10 heteroatoms. The van der Waals surface area contributed by atoms with E-state index in [0.29, 0.717) is 23.6 Å². The van der Waals surface area contributed by atoms with Crippen LogP contribution in [0.4, 0.5) is 0 Å². The summed E-state index contributed by atoms with van der Waals surface area (Å²) in [6.07, 6.45) is 9.29. The van der Waals surface area contributed by atoms with Gasteiger partial charge in [-0.1, -0.05) is 42.1 Å². The number of nitrogens with one attached hydrogen (secondary N) is 1. The number of aliphatic hydroxyl groups excluding tert-OH is 1. The van der Waals surface area contributed by atoms with Crippen LogP contribution in [-0.4, -0.2) is 85.8 Å². The number of hydrogen-bond donors (Lipinski definition) is 2. The second-order valence-corrected chi connectivity index (χ2v) is 16.0. The van der Waals surface area contributed by atoms with Gasteiger partial charge in [0.2, 0.25) is 5.91 Å². The highest BCUT2D eigenvalue weighted by Gasteiger charge is 2.41. The Kier molecular flexibility index (Phi) is 8.52. The van der Waals surface area contributed by atoms with Crippen molar-refractivity contribution in [2.24, 2.45) is 0 Å². The molecule has 0 radical (unpaired) electrons. The molecule has 2 aliphatic rings. The Morgan fingerprint density at radius 2 is 1.88 bits per heavy atom. The quantitative estimate of drug-likeness (QED) is 0.290. The molecule has 0 bridgehead atoms. The predicted molar refractivity (Wildman–Crippen MR) is 172 cm³/mol. The maximum Gasteiger partial charge on any atom is 0.220 e. The van der Waals surface area contributed by atoms with Gasteiger partial charge in [0.15, 0.2) is 17.2 Å². The Morgan fingerprint density at radius 3 is 2.58 bits per heavy atom. The first kappa shape index (κ1) is 30.2. The zero-order chi connectivity index (χ0) is 30.9. The summed E-state index contributed by atoms with van der Waals surface area (Å²) in [5.74, 6) is 1.10. The fourth-order valence-corrected chi connectivity index (χ4v) is 9.00. The van der Waals surface area contributed by atoms with E-state index in [-0.39, 0.29) is 25.5 Å². The largest absolute Gasteiger partial charge is 0.493 e. The van der Waals surface area contributed by atoms with Crippen LogP contribution < -0.4 is 20.0 Å². The Labute approximate surface area is 253 Å². The molecule has 0 atom stereocenters. The number of ether oxygens (including phenoxy) is 2. The van der Waals surface area contributed by atoms with Gasteiger partial charge >= 0.3 is 0 Å². The van der Waals surface area contributed by atoms with Crippen molar-refractivity contribution in [2.45, 2.75) is 32.9 Å². The van der Waals surface area contributed by atoms with E-state index in [4.69, 9.17) is 14.6 Å². The molecule has 2 aromatic carbocycles. The fourth-order valence-electron chi connectivity index (χ4n) is 5.85. The van der Waals surface area contributed by atoms with E-state index >= 15 is 0 Å². The van der Waals surface area contributed by atoms with Gasteiger partial charge in [0.1, 0.15) is 22.2 Å². The van der Waals surface area contributed by atoms with E-state index in [1.807, 2.05) is 12.3 Å². The Morgan fingerprint density at radius 1 is 1.09 bits per heavy atom. The van der Waals surface area contributed by atoms with Crippen LogP contribution in [0.1, 0.15) is 28.8 Å². The van der Waals surface area contributed by atoms with E-state index in [1.54, 1.807) is 18.9 Å². The standard InChI is InChI=1S/C33H39N5O4Si/c1-21-8-11-25-29(16-21)43(6,7)30-19-23(37(2)3)10-12-26(30)32(25)27-17-24(18-28(41-4)33(27)42-5)38-20-22(35-36-38)9-13-31(40)34-14-15-39/h8,10-12,16-20,39H,9,13-15H2,1-7H3/p+1. The van der Waals surface area contributed by atoms with E-state index in [9.17, 15) is 4.79 Å². The highest BCUT2D eigenvalue weighted by Crippen LogP contribution is 2.46. The van der Waals surface area contributed by atoms with E-state index < -0.39 is 8.07 Å². The molecular weight excluding hydrogens is 558 g/mol. The van der Waals surface area contributed by atoms with Crippen LogP contribution in [0.3, 0.4) is 0 Å². The maximum atomic E-state index is 12.0. The van der Waals surface area contributed by atoms with E-state index in [2.05, 4.69) is 96.8 Å². The number of amides is 1. The van der Waals surface area contributed by atoms with Gasteiger partial charge in [-0.25, -0.2) is 9.26 Å². The maximum absolute atomic E-state index is 12.0. The van der Waals surface area contributed by atoms with Crippen molar-refractivity contribution >= 4 is 30.5 Å². The molecule has 2 heterocycles. The Hall–Kier alpha value is -4.28. The minimum atomic E-state index is -2.06. The zero-order valence-corrected chi connectivity index (χ0v) is 27.0. The lowest BCUT2D eigenvalue weighted by Crippen LogP contribution is -2.49. The van der Waals surface area contributed by atoms with Crippen LogP contribution in [0.2, 0.25) is 13.1 Å². The highest BCUT2D eigenvalue weighted by molar-refractivity contribution is 6.98. The molecule has 2 N–H and O–H groups in total. The number of nitrogens with zero attached hydrogens (tertiary/aromatic N) is 4. The number of hydrogen-bond acceptors (Lipinski definition) is 6. The number of fused-ring (bicyclic) bond motifs is 2. The first-order chi connectivity index (χ1) is 20.6. The number of aliphatic hydroxyl groups is 1. The summed E-state index contributed by atoms with van der Waals surface area (Å²) >= 11 is 0. The molecular formula is C33H40N5O4Si+.